The number of ether oxygens (including phenoxy) is 1. The molecule has 0 unspecified atom stereocenters. The van der Waals surface area contributed by atoms with Crippen molar-refractivity contribution in [2.45, 2.75) is 0 Å². The highest BCUT2D eigenvalue weighted by Crippen LogP contribution is 2.34. The molecule has 1 aromatic carbocycles. The van der Waals surface area contributed by atoms with Gasteiger partial charge in [-0.2, -0.15) is 0 Å². The lowest BCUT2D eigenvalue weighted by Gasteiger charge is -2.07. The zero-order valence-corrected chi connectivity index (χ0v) is 6.40. The molecule has 4 heteroatoms. The number of aliphatic hydroxyl groups excluding tert-OH is 1. The van der Waals surface area contributed by atoms with E-state index in [4.69, 9.17) is 20.1 Å². The van der Waals surface area contributed by atoms with Crippen LogP contribution in [-0.4, -0.2) is 28.5 Å². The normalized spacial score (nSPS) is 9.75. The summed E-state index contributed by atoms with van der Waals surface area (Å²) in [6, 6.07) is 4.29. The molecule has 12 heavy (non-hydrogen) atoms. The first kappa shape index (κ1) is 8.67. The molecule has 0 atom stereocenters. The van der Waals surface area contributed by atoms with Gasteiger partial charge in [0.25, 0.3) is 0 Å². The largest absolute Gasteiger partial charge is 0.504 e. The lowest BCUT2D eigenvalue weighted by molar-refractivity contribution is 0.192. The highest BCUT2D eigenvalue weighted by molar-refractivity contribution is 5.49. The number of rotatable bonds is 3. The summed E-state index contributed by atoms with van der Waals surface area (Å²) in [5.74, 6) is -0.265. The highest BCUT2D eigenvalue weighted by atomic mass is 16.5. The molecule has 1 rings (SSSR count). The van der Waals surface area contributed by atoms with E-state index in [1.165, 1.54) is 18.2 Å². The Morgan fingerprint density at radius 1 is 1.17 bits per heavy atom. The Balaban J connectivity index is 2.81. The summed E-state index contributed by atoms with van der Waals surface area (Å²) in [5.41, 5.74) is 0. The van der Waals surface area contributed by atoms with Crippen LogP contribution < -0.4 is 4.74 Å². The van der Waals surface area contributed by atoms with Gasteiger partial charge in [0.15, 0.2) is 11.5 Å². The first-order valence-corrected chi connectivity index (χ1v) is 3.50. The van der Waals surface area contributed by atoms with Gasteiger partial charge in [0.1, 0.15) is 6.61 Å². The molecule has 0 amide bonds. The molecule has 0 heterocycles. The van der Waals surface area contributed by atoms with E-state index < -0.39 is 0 Å². The van der Waals surface area contributed by atoms with Crippen LogP contribution in [0.1, 0.15) is 0 Å². The summed E-state index contributed by atoms with van der Waals surface area (Å²) in [4.78, 5) is 0. The molecule has 0 aliphatic rings. The lowest BCUT2D eigenvalue weighted by Crippen LogP contribution is -2.01. The molecule has 4 nitrogen and oxygen atoms in total. The second-order valence-electron chi connectivity index (χ2n) is 2.20. The van der Waals surface area contributed by atoms with Gasteiger partial charge in [0, 0.05) is 0 Å². The van der Waals surface area contributed by atoms with Crippen molar-refractivity contribution in [3.05, 3.63) is 18.2 Å². The molecule has 0 aliphatic carbocycles. The van der Waals surface area contributed by atoms with Crippen LogP contribution in [0.15, 0.2) is 18.2 Å². The van der Waals surface area contributed by atoms with Crippen molar-refractivity contribution in [2.75, 3.05) is 13.2 Å². The van der Waals surface area contributed by atoms with Crippen LogP contribution in [-0.2, 0) is 0 Å². The number of hydrogen-bond acceptors (Lipinski definition) is 4. The van der Waals surface area contributed by atoms with Crippen molar-refractivity contribution in [1.29, 1.82) is 0 Å². The summed E-state index contributed by atoms with van der Waals surface area (Å²) < 4.78 is 4.87. The predicted octanol–water partition coefficient (Wildman–Crippen LogP) is 0.469. The summed E-state index contributed by atoms with van der Waals surface area (Å²) in [6.07, 6.45) is 0. The smallest absolute Gasteiger partial charge is 0.203 e. The molecule has 0 fully saturated rings. The minimum atomic E-state index is -0.159. The Labute approximate surface area is 69.7 Å². The summed E-state index contributed by atoms with van der Waals surface area (Å²) in [7, 11) is 0. The molecule has 0 radical (unpaired) electrons. The molecule has 66 valence electrons. The Morgan fingerprint density at radius 2 is 1.75 bits per heavy atom. The quantitative estimate of drug-likeness (QED) is 0.616. The third-order valence-corrected chi connectivity index (χ3v) is 1.31. The van der Waals surface area contributed by atoms with E-state index in [1.807, 2.05) is 0 Å². The van der Waals surface area contributed by atoms with Crippen molar-refractivity contribution in [3.63, 3.8) is 0 Å². The average Bonchev–Trinajstić information content (AvgIpc) is 2.04. The zero-order chi connectivity index (χ0) is 8.97. The minimum Gasteiger partial charge on any atom is -0.504 e. The van der Waals surface area contributed by atoms with Crippen LogP contribution in [0.5, 0.6) is 17.2 Å². The van der Waals surface area contributed by atoms with Gasteiger partial charge in [0.2, 0.25) is 5.75 Å². The second-order valence-corrected chi connectivity index (χ2v) is 2.20. The Hall–Kier alpha value is -1.42. The van der Waals surface area contributed by atoms with Crippen LogP contribution in [0.3, 0.4) is 0 Å². The molecular weight excluding hydrogens is 160 g/mol. The van der Waals surface area contributed by atoms with E-state index in [-0.39, 0.29) is 30.5 Å². The second kappa shape index (κ2) is 3.82. The zero-order valence-electron chi connectivity index (χ0n) is 6.40. The number of aromatic hydroxyl groups is 2. The van der Waals surface area contributed by atoms with Gasteiger partial charge >= 0.3 is 0 Å². The number of aliphatic hydroxyl groups is 1. The summed E-state index contributed by atoms with van der Waals surface area (Å²) in [5, 5.41) is 26.7. The minimum absolute atomic E-state index is 0.00606. The summed E-state index contributed by atoms with van der Waals surface area (Å²) >= 11 is 0. The van der Waals surface area contributed by atoms with Gasteiger partial charge in [-0.1, -0.05) is 6.07 Å². The number of phenolic OH excluding ortho intramolecular Hbond substituents is 2. The van der Waals surface area contributed by atoms with Gasteiger partial charge in [-0.15, -0.1) is 0 Å². The van der Waals surface area contributed by atoms with Crippen LogP contribution in [0, 0.1) is 0 Å². The molecule has 0 aromatic heterocycles. The maximum Gasteiger partial charge on any atom is 0.203 e. The third-order valence-electron chi connectivity index (χ3n) is 1.31. The Morgan fingerprint density at radius 3 is 2.25 bits per heavy atom. The molecule has 0 aliphatic heterocycles. The van der Waals surface area contributed by atoms with E-state index in [9.17, 15) is 0 Å². The van der Waals surface area contributed by atoms with Crippen LogP contribution >= 0.6 is 0 Å². The van der Waals surface area contributed by atoms with Crippen LogP contribution in [0.25, 0.3) is 0 Å². The third kappa shape index (κ3) is 1.79. The van der Waals surface area contributed by atoms with Gasteiger partial charge in [0.05, 0.1) is 6.61 Å². The summed E-state index contributed by atoms with van der Waals surface area (Å²) in [6.45, 7) is -0.112. The fourth-order valence-electron chi connectivity index (χ4n) is 0.809. The number of para-hydroxylation sites is 1. The lowest BCUT2D eigenvalue weighted by atomic mass is 10.3. The van der Waals surface area contributed by atoms with Crippen molar-refractivity contribution in [2.24, 2.45) is 0 Å². The molecule has 0 saturated carbocycles. The molecule has 1 aromatic rings. The number of phenols is 2. The maximum absolute atomic E-state index is 9.15. The van der Waals surface area contributed by atoms with Crippen LogP contribution in [0.4, 0.5) is 0 Å². The predicted molar refractivity (Wildman–Crippen MR) is 42.4 cm³/mol. The molecular formula is C8H10O4. The van der Waals surface area contributed by atoms with Gasteiger partial charge in [-0.3, -0.25) is 0 Å². The topological polar surface area (TPSA) is 69.9 Å². The van der Waals surface area contributed by atoms with Crippen molar-refractivity contribution < 1.29 is 20.1 Å². The maximum atomic E-state index is 9.15. The van der Waals surface area contributed by atoms with Gasteiger partial charge in [-0.25, -0.2) is 0 Å². The van der Waals surface area contributed by atoms with Gasteiger partial charge < -0.3 is 20.1 Å². The van der Waals surface area contributed by atoms with E-state index >= 15 is 0 Å². The van der Waals surface area contributed by atoms with E-state index in [1.54, 1.807) is 0 Å². The number of hydrogen-bond donors (Lipinski definition) is 3. The SMILES string of the molecule is OCCOc1c(O)cccc1O. The average molecular weight is 170 g/mol. The Bertz CT molecular complexity index is 239. The molecule has 0 bridgehead atoms. The molecule has 3 N–H and O–H groups in total. The monoisotopic (exact) mass is 170 g/mol. The van der Waals surface area contributed by atoms with E-state index in [0.29, 0.717) is 0 Å². The first-order chi connectivity index (χ1) is 5.75. The van der Waals surface area contributed by atoms with E-state index in [0.717, 1.165) is 0 Å². The molecule has 0 spiro atoms. The van der Waals surface area contributed by atoms with Crippen molar-refractivity contribution >= 4 is 0 Å². The van der Waals surface area contributed by atoms with E-state index in [2.05, 4.69) is 0 Å². The highest BCUT2D eigenvalue weighted by Gasteiger charge is 2.06. The molecule has 0 saturated heterocycles. The van der Waals surface area contributed by atoms with Crippen LogP contribution in [0.2, 0.25) is 0 Å². The fourth-order valence-corrected chi connectivity index (χ4v) is 0.809. The Kier molecular flexibility index (Phi) is 2.76. The van der Waals surface area contributed by atoms with Crippen molar-refractivity contribution in [3.8, 4) is 17.2 Å². The van der Waals surface area contributed by atoms with Gasteiger partial charge in [-0.05, 0) is 12.1 Å². The standard InChI is InChI=1S/C8H10O4/c9-4-5-12-8-6(10)2-1-3-7(8)11/h1-3,9-11H,4-5H2. The number of benzene rings is 1. The fraction of sp³-hybridized carbons (Fsp3) is 0.250. The van der Waals surface area contributed by atoms with Crippen molar-refractivity contribution in [1.82, 2.24) is 0 Å². The first-order valence-electron chi connectivity index (χ1n) is 3.50.